The van der Waals surface area contributed by atoms with E-state index in [2.05, 4.69) is 20.8 Å². The number of benzene rings is 1. The van der Waals surface area contributed by atoms with E-state index in [0.717, 1.165) is 48.2 Å². The fraction of sp³-hybridized carbons (Fsp3) is 0.435. The molecule has 0 radical (unpaired) electrons. The maximum Gasteiger partial charge on any atom is 0.219 e. The number of fused-ring (bicyclic) bond motifs is 1. The van der Waals surface area contributed by atoms with E-state index in [4.69, 9.17) is 4.74 Å². The van der Waals surface area contributed by atoms with Crippen molar-refractivity contribution in [1.82, 2.24) is 14.7 Å². The number of hydrogen-bond donors (Lipinski definition) is 2. The van der Waals surface area contributed by atoms with Gasteiger partial charge in [-0.05, 0) is 76.6 Å². The lowest BCUT2D eigenvalue weighted by Crippen LogP contribution is -2.45. The van der Waals surface area contributed by atoms with Crippen LogP contribution in [-0.4, -0.2) is 29.2 Å². The molecule has 0 saturated heterocycles. The van der Waals surface area contributed by atoms with Crippen LogP contribution < -0.4 is 9.46 Å². The van der Waals surface area contributed by atoms with Crippen LogP contribution in [-0.2, 0) is 10.0 Å². The van der Waals surface area contributed by atoms with Crippen LogP contribution in [0.5, 0.6) is 11.6 Å². The van der Waals surface area contributed by atoms with Crippen LogP contribution in [0.3, 0.4) is 0 Å². The normalized spacial score (nSPS) is 20.4. The van der Waals surface area contributed by atoms with Crippen molar-refractivity contribution in [2.24, 2.45) is 0 Å². The molecule has 4 rings (SSSR count). The fourth-order valence-corrected chi connectivity index (χ4v) is 4.84. The molecule has 1 saturated carbocycles. The summed E-state index contributed by atoms with van der Waals surface area (Å²) < 4.78 is 32.8. The predicted molar refractivity (Wildman–Crippen MR) is 119 cm³/mol. The highest BCUT2D eigenvalue weighted by Crippen LogP contribution is 2.35. The van der Waals surface area contributed by atoms with Gasteiger partial charge in [0.25, 0.3) is 0 Å². The van der Waals surface area contributed by atoms with E-state index in [0.29, 0.717) is 11.8 Å². The van der Waals surface area contributed by atoms with Crippen LogP contribution in [0.1, 0.15) is 58.1 Å². The maximum atomic E-state index is 12.4. The van der Waals surface area contributed by atoms with Gasteiger partial charge in [0.2, 0.25) is 15.9 Å². The molecular formula is C23H29N3O3S. The molecule has 1 aliphatic rings. The first kappa shape index (κ1) is 20.9. The van der Waals surface area contributed by atoms with Gasteiger partial charge in [0.15, 0.2) is 0 Å². The Labute approximate surface area is 178 Å². The van der Waals surface area contributed by atoms with Gasteiger partial charge in [-0.15, -0.1) is 0 Å². The Kier molecular flexibility index (Phi) is 5.59. The van der Waals surface area contributed by atoms with Crippen molar-refractivity contribution in [2.45, 2.75) is 63.2 Å². The maximum absolute atomic E-state index is 12.4. The Morgan fingerprint density at radius 1 is 1.03 bits per heavy atom. The Bertz CT molecular complexity index is 1110. The van der Waals surface area contributed by atoms with Gasteiger partial charge < -0.3 is 9.72 Å². The molecule has 1 fully saturated rings. The first-order valence-electron chi connectivity index (χ1n) is 10.5. The third kappa shape index (κ3) is 4.52. The van der Waals surface area contributed by atoms with Crippen molar-refractivity contribution in [3.8, 4) is 11.6 Å². The number of nitrogens with zero attached hydrogens (tertiary/aromatic N) is 1. The second-order valence-corrected chi connectivity index (χ2v) is 11.5. The quantitative estimate of drug-likeness (QED) is 0.593. The number of hydrogen-bond acceptors (Lipinski definition) is 4. The number of H-pyrrole nitrogens is 1. The van der Waals surface area contributed by atoms with Crippen molar-refractivity contribution in [2.75, 3.05) is 0 Å². The monoisotopic (exact) mass is 427 g/mol. The Morgan fingerprint density at radius 2 is 1.73 bits per heavy atom. The van der Waals surface area contributed by atoms with E-state index >= 15 is 0 Å². The summed E-state index contributed by atoms with van der Waals surface area (Å²) in [6, 6.07) is 15.6. The minimum atomic E-state index is -3.31. The summed E-state index contributed by atoms with van der Waals surface area (Å²) in [5, 5.41) is 0. The van der Waals surface area contributed by atoms with Crippen molar-refractivity contribution in [3.63, 3.8) is 0 Å². The molecule has 1 aromatic carbocycles. The molecule has 160 valence electrons. The fourth-order valence-electron chi connectivity index (χ4n) is 3.82. The average molecular weight is 428 g/mol. The number of sulfonamides is 1. The lowest BCUT2D eigenvalue weighted by Gasteiger charge is -2.31. The molecule has 2 aromatic heterocycles. The van der Waals surface area contributed by atoms with Crippen molar-refractivity contribution >= 4 is 21.1 Å². The summed E-state index contributed by atoms with van der Waals surface area (Å²) in [6.45, 7) is 5.19. The molecule has 6 nitrogen and oxygen atoms in total. The first-order chi connectivity index (χ1) is 14.2. The highest BCUT2D eigenvalue weighted by atomic mass is 32.2. The van der Waals surface area contributed by atoms with E-state index in [1.54, 1.807) is 20.8 Å². The molecule has 3 aromatic rings. The number of ether oxygens (including phenoxy) is 1. The summed E-state index contributed by atoms with van der Waals surface area (Å²) in [5.41, 5.74) is 3.03. The molecule has 0 atom stereocenters. The van der Waals surface area contributed by atoms with Crippen molar-refractivity contribution in [3.05, 3.63) is 54.2 Å². The molecular weight excluding hydrogens is 398 g/mol. The van der Waals surface area contributed by atoms with Gasteiger partial charge in [0.05, 0.1) is 15.8 Å². The number of aromatic amines is 1. The molecule has 30 heavy (non-hydrogen) atoms. The lowest BCUT2D eigenvalue weighted by atomic mass is 9.84. The lowest BCUT2D eigenvalue weighted by molar-refractivity contribution is 0.368. The van der Waals surface area contributed by atoms with Gasteiger partial charge in [-0.25, -0.2) is 18.1 Å². The summed E-state index contributed by atoms with van der Waals surface area (Å²) in [7, 11) is -3.31. The number of para-hydroxylation sites is 1. The smallest absolute Gasteiger partial charge is 0.219 e. The zero-order valence-electron chi connectivity index (χ0n) is 17.7. The van der Waals surface area contributed by atoms with Gasteiger partial charge in [0, 0.05) is 17.8 Å². The molecule has 1 aliphatic carbocycles. The number of aromatic nitrogens is 2. The zero-order valence-corrected chi connectivity index (χ0v) is 18.5. The standard InChI is InChI=1S/C23H29N3O3S/c1-23(2,3)30(27,28)26-17-11-9-16(10-12-17)20-15-21-19(24-20)13-14-22(25-21)29-18-7-5-4-6-8-18/h4-8,13-17,24,26H,9-12H2,1-3H3. The van der Waals surface area contributed by atoms with Gasteiger partial charge >= 0.3 is 0 Å². The Hall–Kier alpha value is -2.38. The minimum absolute atomic E-state index is 0.0128. The summed E-state index contributed by atoms with van der Waals surface area (Å²) >= 11 is 0. The zero-order chi connectivity index (χ0) is 21.4. The molecule has 0 bridgehead atoms. The van der Waals surface area contributed by atoms with Crippen LogP contribution in [0.25, 0.3) is 11.0 Å². The van der Waals surface area contributed by atoms with Crippen molar-refractivity contribution < 1.29 is 13.2 Å². The van der Waals surface area contributed by atoms with Gasteiger partial charge in [0.1, 0.15) is 5.75 Å². The van der Waals surface area contributed by atoms with Crippen LogP contribution in [0.2, 0.25) is 0 Å². The van der Waals surface area contributed by atoms with Gasteiger partial charge in [-0.3, -0.25) is 0 Å². The minimum Gasteiger partial charge on any atom is -0.439 e. The summed E-state index contributed by atoms with van der Waals surface area (Å²) in [5.74, 6) is 1.71. The highest BCUT2D eigenvalue weighted by molar-refractivity contribution is 7.90. The average Bonchev–Trinajstić information content (AvgIpc) is 3.11. The number of rotatable bonds is 5. The third-order valence-electron chi connectivity index (χ3n) is 5.73. The molecule has 2 N–H and O–H groups in total. The second kappa shape index (κ2) is 8.04. The topological polar surface area (TPSA) is 84.1 Å². The molecule has 0 amide bonds. The van der Waals surface area contributed by atoms with Crippen molar-refractivity contribution in [1.29, 1.82) is 0 Å². The molecule has 0 unspecified atom stereocenters. The van der Waals surface area contributed by atoms with E-state index in [-0.39, 0.29) is 6.04 Å². The molecule has 2 heterocycles. The Morgan fingerprint density at radius 3 is 2.40 bits per heavy atom. The van der Waals surface area contributed by atoms with E-state index in [1.807, 2.05) is 42.5 Å². The predicted octanol–water partition coefficient (Wildman–Crippen LogP) is 5.10. The number of pyridine rings is 1. The Balaban J connectivity index is 1.42. The second-order valence-electron chi connectivity index (χ2n) is 9.00. The number of nitrogens with one attached hydrogen (secondary N) is 2. The molecule has 7 heteroatoms. The SMILES string of the molecule is CC(C)(C)S(=O)(=O)NC1CCC(c2cc3nc(Oc4ccccc4)ccc3[nH]2)CC1. The van der Waals surface area contributed by atoms with Crippen LogP contribution >= 0.6 is 0 Å². The third-order valence-corrected chi connectivity index (χ3v) is 7.99. The van der Waals surface area contributed by atoms with Crippen LogP contribution in [0.15, 0.2) is 48.5 Å². The molecule has 0 spiro atoms. The molecule has 0 aliphatic heterocycles. The largest absolute Gasteiger partial charge is 0.439 e. The first-order valence-corrected chi connectivity index (χ1v) is 11.9. The van der Waals surface area contributed by atoms with Crippen LogP contribution in [0, 0.1) is 0 Å². The van der Waals surface area contributed by atoms with E-state index in [9.17, 15) is 8.42 Å². The highest BCUT2D eigenvalue weighted by Gasteiger charge is 2.33. The summed E-state index contributed by atoms with van der Waals surface area (Å²) in [6.07, 6.45) is 3.56. The van der Waals surface area contributed by atoms with E-state index < -0.39 is 14.8 Å². The van der Waals surface area contributed by atoms with Gasteiger partial charge in [-0.2, -0.15) is 0 Å². The van der Waals surface area contributed by atoms with E-state index in [1.165, 1.54) is 0 Å². The van der Waals surface area contributed by atoms with Crippen LogP contribution in [0.4, 0.5) is 0 Å². The summed E-state index contributed by atoms with van der Waals surface area (Å²) in [4.78, 5) is 8.12. The van der Waals surface area contributed by atoms with Gasteiger partial charge in [-0.1, -0.05) is 18.2 Å².